The molecule has 3 rings (SSSR count). The van der Waals surface area contributed by atoms with Gasteiger partial charge in [0.05, 0.1) is 13.2 Å². The molecule has 5 heteroatoms. The van der Waals surface area contributed by atoms with Crippen molar-refractivity contribution in [1.82, 2.24) is 10.6 Å². The summed E-state index contributed by atoms with van der Waals surface area (Å²) in [5.41, 5.74) is 2.25. The number of rotatable bonds is 7. The summed E-state index contributed by atoms with van der Waals surface area (Å²) in [6.07, 6.45) is 1.81. The van der Waals surface area contributed by atoms with Crippen molar-refractivity contribution < 1.29 is 14.3 Å². The molecule has 1 fully saturated rings. The summed E-state index contributed by atoms with van der Waals surface area (Å²) in [5.74, 6) is 1.07. The SMILES string of the molecule is COc1ccc(C(NC(=O)NCC2(c3ccccc3)CCOCC2)C(C)C)cc1. The average molecular weight is 397 g/mol. The van der Waals surface area contributed by atoms with Gasteiger partial charge < -0.3 is 20.1 Å². The predicted molar refractivity (Wildman–Crippen MR) is 115 cm³/mol. The third-order valence-corrected chi connectivity index (χ3v) is 5.85. The molecule has 0 saturated carbocycles. The van der Waals surface area contributed by atoms with E-state index in [1.54, 1.807) is 7.11 Å². The number of carbonyl (C=O) groups excluding carboxylic acids is 1. The fourth-order valence-electron chi connectivity index (χ4n) is 4.01. The highest BCUT2D eigenvalue weighted by Crippen LogP contribution is 2.34. The second-order valence-electron chi connectivity index (χ2n) is 8.08. The first kappa shape index (κ1) is 21.2. The van der Waals surface area contributed by atoms with Crippen molar-refractivity contribution in [3.8, 4) is 5.75 Å². The Morgan fingerprint density at radius 3 is 2.31 bits per heavy atom. The van der Waals surface area contributed by atoms with Crippen molar-refractivity contribution in [3.63, 3.8) is 0 Å². The lowest BCUT2D eigenvalue weighted by Gasteiger charge is -2.38. The van der Waals surface area contributed by atoms with Crippen LogP contribution in [0.2, 0.25) is 0 Å². The largest absolute Gasteiger partial charge is 0.497 e. The van der Waals surface area contributed by atoms with Crippen molar-refractivity contribution in [2.45, 2.75) is 38.1 Å². The Balaban J connectivity index is 1.67. The monoisotopic (exact) mass is 396 g/mol. The highest BCUT2D eigenvalue weighted by Gasteiger charge is 2.35. The second kappa shape index (κ2) is 9.79. The molecule has 2 aromatic carbocycles. The summed E-state index contributed by atoms with van der Waals surface area (Å²) in [5, 5.41) is 6.30. The summed E-state index contributed by atoms with van der Waals surface area (Å²) in [6, 6.07) is 18.1. The number of amides is 2. The van der Waals surface area contributed by atoms with Gasteiger partial charge in [-0.1, -0.05) is 56.3 Å². The van der Waals surface area contributed by atoms with Crippen LogP contribution >= 0.6 is 0 Å². The lowest BCUT2D eigenvalue weighted by atomic mass is 9.74. The number of carbonyl (C=O) groups is 1. The van der Waals surface area contributed by atoms with Crippen LogP contribution in [0.3, 0.4) is 0 Å². The Hall–Kier alpha value is -2.53. The van der Waals surface area contributed by atoms with Gasteiger partial charge in [-0.15, -0.1) is 0 Å². The van der Waals surface area contributed by atoms with Crippen LogP contribution in [0, 0.1) is 5.92 Å². The minimum atomic E-state index is -0.138. The lowest BCUT2D eigenvalue weighted by Crippen LogP contribution is -2.48. The molecular formula is C24H32N2O3. The molecular weight excluding hydrogens is 364 g/mol. The molecule has 156 valence electrons. The topological polar surface area (TPSA) is 59.6 Å². The third-order valence-electron chi connectivity index (χ3n) is 5.85. The molecule has 29 heavy (non-hydrogen) atoms. The maximum absolute atomic E-state index is 12.8. The molecule has 0 spiro atoms. The minimum absolute atomic E-state index is 0.0664. The number of hydrogen-bond acceptors (Lipinski definition) is 3. The summed E-state index contributed by atoms with van der Waals surface area (Å²) in [6.45, 7) is 6.26. The van der Waals surface area contributed by atoms with Crippen LogP contribution in [-0.4, -0.2) is 32.9 Å². The normalized spacial score (nSPS) is 16.8. The maximum atomic E-state index is 12.8. The summed E-state index contributed by atoms with van der Waals surface area (Å²) < 4.78 is 10.8. The number of ether oxygens (including phenoxy) is 2. The zero-order valence-electron chi connectivity index (χ0n) is 17.6. The molecule has 1 aliphatic heterocycles. The fraction of sp³-hybridized carbons (Fsp3) is 0.458. The molecule has 1 saturated heterocycles. The van der Waals surface area contributed by atoms with Crippen LogP contribution in [0.25, 0.3) is 0 Å². The third kappa shape index (κ3) is 5.30. The smallest absolute Gasteiger partial charge is 0.315 e. The molecule has 1 heterocycles. The van der Waals surface area contributed by atoms with Crippen LogP contribution < -0.4 is 15.4 Å². The van der Waals surface area contributed by atoms with Gasteiger partial charge in [-0.25, -0.2) is 4.79 Å². The van der Waals surface area contributed by atoms with Crippen molar-refractivity contribution >= 4 is 6.03 Å². The molecule has 5 nitrogen and oxygen atoms in total. The van der Waals surface area contributed by atoms with Crippen molar-refractivity contribution in [2.24, 2.45) is 5.92 Å². The Morgan fingerprint density at radius 2 is 1.72 bits per heavy atom. The quantitative estimate of drug-likeness (QED) is 0.727. The van der Waals surface area contributed by atoms with Crippen LogP contribution in [-0.2, 0) is 10.2 Å². The van der Waals surface area contributed by atoms with E-state index in [1.807, 2.05) is 30.3 Å². The van der Waals surface area contributed by atoms with E-state index in [0.29, 0.717) is 6.54 Å². The Bertz CT molecular complexity index is 768. The van der Waals surface area contributed by atoms with E-state index in [1.165, 1.54) is 5.56 Å². The fourth-order valence-corrected chi connectivity index (χ4v) is 4.01. The second-order valence-corrected chi connectivity index (χ2v) is 8.08. The first-order valence-corrected chi connectivity index (χ1v) is 10.4. The lowest BCUT2D eigenvalue weighted by molar-refractivity contribution is 0.0506. The van der Waals surface area contributed by atoms with Gasteiger partial charge >= 0.3 is 6.03 Å². The van der Waals surface area contributed by atoms with Crippen LogP contribution in [0.1, 0.15) is 43.9 Å². The molecule has 0 bridgehead atoms. The summed E-state index contributed by atoms with van der Waals surface area (Å²) in [7, 11) is 1.65. The summed E-state index contributed by atoms with van der Waals surface area (Å²) >= 11 is 0. The van der Waals surface area contributed by atoms with Gasteiger partial charge in [0.25, 0.3) is 0 Å². The van der Waals surface area contributed by atoms with Crippen molar-refractivity contribution in [3.05, 3.63) is 65.7 Å². The van der Waals surface area contributed by atoms with Gasteiger partial charge in [0.2, 0.25) is 0 Å². The number of urea groups is 1. The maximum Gasteiger partial charge on any atom is 0.315 e. The molecule has 2 amide bonds. The molecule has 0 aliphatic carbocycles. The number of benzene rings is 2. The molecule has 0 aromatic heterocycles. The Labute approximate surface area is 173 Å². The predicted octanol–water partition coefficient (Wildman–Crippen LogP) is 4.44. The molecule has 1 atom stereocenters. The van der Waals surface area contributed by atoms with Gasteiger partial charge in [-0.3, -0.25) is 0 Å². The average Bonchev–Trinajstić information content (AvgIpc) is 2.77. The zero-order valence-corrected chi connectivity index (χ0v) is 17.6. The molecule has 1 unspecified atom stereocenters. The molecule has 2 aromatic rings. The first-order chi connectivity index (χ1) is 14.0. The van der Waals surface area contributed by atoms with Gasteiger partial charge in [-0.2, -0.15) is 0 Å². The van der Waals surface area contributed by atoms with Crippen molar-refractivity contribution in [2.75, 3.05) is 26.9 Å². The van der Waals surface area contributed by atoms with Crippen LogP contribution in [0.15, 0.2) is 54.6 Å². The minimum Gasteiger partial charge on any atom is -0.497 e. The number of nitrogens with one attached hydrogen (secondary N) is 2. The van der Waals surface area contributed by atoms with Gasteiger partial charge in [0.1, 0.15) is 5.75 Å². The van der Waals surface area contributed by atoms with Crippen LogP contribution in [0.5, 0.6) is 5.75 Å². The van der Waals surface area contributed by atoms with E-state index in [9.17, 15) is 4.79 Å². The molecule has 0 radical (unpaired) electrons. The Kier molecular flexibility index (Phi) is 7.15. The van der Waals surface area contributed by atoms with Crippen molar-refractivity contribution in [1.29, 1.82) is 0 Å². The molecule has 1 aliphatic rings. The van der Waals surface area contributed by atoms with Crippen LogP contribution in [0.4, 0.5) is 4.79 Å². The number of hydrogen-bond donors (Lipinski definition) is 2. The highest BCUT2D eigenvalue weighted by molar-refractivity contribution is 5.74. The van der Waals surface area contributed by atoms with Gasteiger partial charge in [0, 0.05) is 25.2 Å². The number of methoxy groups -OCH3 is 1. The van der Waals surface area contributed by atoms with Gasteiger partial charge in [0.15, 0.2) is 0 Å². The first-order valence-electron chi connectivity index (χ1n) is 10.4. The standard InChI is InChI=1S/C24H32N2O3/c1-18(2)22(19-9-11-21(28-3)12-10-19)26-23(27)25-17-24(13-15-29-16-14-24)20-7-5-4-6-8-20/h4-12,18,22H,13-17H2,1-3H3,(H2,25,26,27). The summed E-state index contributed by atoms with van der Waals surface area (Å²) in [4.78, 5) is 12.8. The molecule has 2 N–H and O–H groups in total. The van der Waals surface area contributed by atoms with E-state index in [4.69, 9.17) is 9.47 Å². The van der Waals surface area contributed by atoms with E-state index in [-0.39, 0.29) is 23.4 Å². The van der Waals surface area contributed by atoms with E-state index in [2.05, 4.69) is 48.7 Å². The Morgan fingerprint density at radius 1 is 1.07 bits per heavy atom. The zero-order chi connectivity index (χ0) is 20.7. The van der Waals surface area contributed by atoms with E-state index >= 15 is 0 Å². The van der Waals surface area contributed by atoms with Gasteiger partial charge in [-0.05, 0) is 42.0 Å². The van der Waals surface area contributed by atoms with E-state index < -0.39 is 0 Å². The van der Waals surface area contributed by atoms with E-state index in [0.717, 1.165) is 37.4 Å². The highest BCUT2D eigenvalue weighted by atomic mass is 16.5.